The Labute approximate surface area is 184 Å². The zero-order chi connectivity index (χ0) is 20.9. The maximum absolute atomic E-state index is 13.0. The lowest BCUT2D eigenvalue weighted by Gasteiger charge is -2.44. The largest absolute Gasteiger partial charge is 0.423 e. The van der Waals surface area contributed by atoms with Crippen molar-refractivity contribution >= 4 is 46.3 Å². The highest BCUT2D eigenvalue weighted by atomic mass is 35.5. The van der Waals surface area contributed by atoms with Crippen LogP contribution in [0.3, 0.4) is 0 Å². The average molecular weight is 440 g/mol. The number of halogens is 2. The highest BCUT2D eigenvalue weighted by Crippen LogP contribution is 2.49. The summed E-state index contributed by atoms with van der Waals surface area (Å²) in [5, 5.41) is 4.35. The van der Waals surface area contributed by atoms with Crippen molar-refractivity contribution in [3.8, 4) is 0 Å². The first-order valence-electron chi connectivity index (χ1n) is 9.72. The van der Waals surface area contributed by atoms with Gasteiger partial charge < -0.3 is 9.64 Å². The van der Waals surface area contributed by atoms with Crippen molar-refractivity contribution in [2.45, 2.75) is 23.2 Å². The monoisotopic (exact) mass is 439 g/mol. The summed E-state index contributed by atoms with van der Waals surface area (Å²) in [6.07, 6.45) is 3.16. The summed E-state index contributed by atoms with van der Waals surface area (Å²) >= 11 is 13.5. The third kappa shape index (κ3) is 2.92. The van der Waals surface area contributed by atoms with Gasteiger partial charge >= 0.3 is 5.97 Å². The molecule has 0 saturated heterocycles. The first kappa shape index (κ1) is 19.2. The number of esters is 1. The maximum Gasteiger partial charge on any atom is 0.350 e. The number of alkyl halides is 2. The number of para-hydroxylation sites is 2. The molecule has 0 radical (unpaired) electrons. The van der Waals surface area contributed by atoms with E-state index >= 15 is 0 Å². The smallest absolute Gasteiger partial charge is 0.350 e. The predicted molar refractivity (Wildman–Crippen MR) is 118 cm³/mol. The van der Waals surface area contributed by atoms with Gasteiger partial charge in [-0.05, 0) is 37.1 Å². The Balaban J connectivity index is 1.75. The van der Waals surface area contributed by atoms with Gasteiger partial charge in [0.25, 0.3) is 0 Å². The molecule has 3 aromatic rings. The van der Waals surface area contributed by atoms with Crippen molar-refractivity contribution in [1.82, 2.24) is 9.78 Å². The van der Waals surface area contributed by atoms with E-state index in [2.05, 4.69) is 5.10 Å². The molecule has 0 spiro atoms. The van der Waals surface area contributed by atoms with E-state index in [1.165, 1.54) is 0 Å². The summed E-state index contributed by atoms with van der Waals surface area (Å²) in [6.45, 7) is 0. The fourth-order valence-corrected chi connectivity index (χ4v) is 4.84. The molecule has 1 aliphatic heterocycles. The highest BCUT2D eigenvalue weighted by molar-refractivity contribution is 6.59. The van der Waals surface area contributed by atoms with Crippen LogP contribution >= 0.6 is 23.2 Å². The molecule has 7 heteroatoms. The maximum atomic E-state index is 13.0. The van der Waals surface area contributed by atoms with E-state index in [-0.39, 0.29) is 0 Å². The van der Waals surface area contributed by atoms with Crippen LogP contribution in [-0.2, 0) is 23.0 Å². The van der Waals surface area contributed by atoms with Crippen molar-refractivity contribution in [2.24, 2.45) is 7.05 Å². The predicted octanol–water partition coefficient (Wildman–Crippen LogP) is 5.02. The number of carbonyl (C=O) groups excluding carboxylic acids is 1. The summed E-state index contributed by atoms with van der Waals surface area (Å²) in [5.41, 5.74) is 4.52. The molecule has 1 atom stereocenters. The van der Waals surface area contributed by atoms with Gasteiger partial charge in [0.15, 0.2) is 0 Å². The molecule has 5 nitrogen and oxygen atoms in total. The summed E-state index contributed by atoms with van der Waals surface area (Å²) < 4.78 is 5.74. The fraction of sp³-hybridized carbons (Fsp3) is 0.217. The number of ether oxygens (including phenoxy) is 1. The third-order valence-electron chi connectivity index (χ3n) is 5.70. The van der Waals surface area contributed by atoms with Crippen LogP contribution in [0.4, 0.5) is 11.4 Å². The van der Waals surface area contributed by atoms with Crippen molar-refractivity contribution in [2.75, 3.05) is 4.90 Å². The fourth-order valence-electron chi connectivity index (χ4n) is 4.30. The van der Waals surface area contributed by atoms with Gasteiger partial charge in [-0.25, -0.2) is 4.79 Å². The van der Waals surface area contributed by atoms with Gasteiger partial charge in [0, 0.05) is 29.7 Å². The molecular weight excluding hydrogens is 421 g/mol. The van der Waals surface area contributed by atoms with E-state index < -0.39 is 16.3 Å². The first-order chi connectivity index (χ1) is 14.5. The second-order valence-electron chi connectivity index (χ2n) is 7.44. The zero-order valence-electron chi connectivity index (χ0n) is 16.3. The van der Waals surface area contributed by atoms with Gasteiger partial charge in [0.2, 0.25) is 4.33 Å². The number of fused-ring (bicyclic) bond motifs is 2. The van der Waals surface area contributed by atoms with Crippen LogP contribution in [0.15, 0.2) is 72.4 Å². The molecule has 2 aromatic carbocycles. The molecule has 1 aliphatic carbocycles. The number of aryl methyl sites for hydroxylation is 1. The highest BCUT2D eigenvalue weighted by Gasteiger charge is 2.55. The summed E-state index contributed by atoms with van der Waals surface area (Å²) in [6, 6.07) is 19.0. The standard InChI is InChI=1S/C23H19Cl2N3O2/c1-27-19-13-12-17-20(18(19)14-26-27)30-22(29)23(24,25)21(17)28(15-8-4-2-5-9-15)16-10-6-3-7-11-16/h2-11,14,21H,12-13H2,1H3. The van der Waals surface area contributed by atoms with E-state index in [1.54, 1.807) is 6.20 Å². The molecule has 0 N–H and O–H groups in total. The minimum absolute atomic E-state index is 0.521. The second kappa shape index (κ2) is 7.18. The van der Waals surface area contributed by atoms with Crippen molar-refractivity contribution in [3.63, 3.8) is 0 Å². The minimum atomic E-state index is -1.77. The van der Waals surface area contributed by atoms with Gasteiger partial charge in [0.05, 0.1) is 11.8 Å². The number of aromatic nitrogens is 2. The Morgan fingerprint density at radius 2 is 1.63 bits per heavy atom. The van der Waals surface area contributed by atoms with Crippen LogP contribution in [0, 0.1) is 0 Å². The molecule has 30 heavy (non-hydrogen) atoms. The van der Waals surface area contributed by atoms with Crippen LogP contribution in [0.25, 0.3) is 5.76 Å². The number of rotatable bonds is 3. The Kier molecular flexibility index (Phi) is 4.60. The van der Waals surface area contributed by atoms with Gasteiger partial charge in [-0.2, -0.15) is 5.10 Å². The van der Waals surface area contributed by atoms with Crippen molar-refractivity contribution < 1.29 is 9.53 Å². The normalized spacial score (nSPS) is 19.7. The van der Waals surface area contributed by atoms with Gasteiger partial charge in [-0.1, -0.05) is 59.6 Å². The lowest BCUT2D eigenvalue weighted by atomic mass is 9.86. The molecule has 2 aliphatic rings. The summed E-state index contributed by atoms with van der Waals surface area (Å²) in [5.74, 6) is -0.156. The Hall–Kier alpha value is -2.76. The Morgan fingerprint density at radius 1 is 1.03 bits per heavy atom. The molecule has 2 heterocycles. The van der Waals surface area contributed by atoms with Gasteiger partial charge in [-0.15, -0.1) is 0 Å². The van der Waals surface area contributed by atoms with E-state index in [1.807, 2.05) is 77.3 Å². The van der Waals surface area contributed by atoms with Crippen LogP contribution in [0.5, 0.6) is 0 Å². The average Bonchev–Trinajstić information content (AvgIpc) is 3.14. The number of nitrogens with zero attached hydrogens (tertiary/aromatic N) is 3. The SMILES string of the molecule is Cn1ncc2c1CCC1=C2OC(=O)C(Cl)(Cl)C1N(c1ccccc1)c1ccccc1. The van der Waals surface area contributed by atoms with Crippen LogP contribution in [0.2, 0.25) is 0 Å². The van der Waals surface area contributed by atoms with Crippen molar-refractivity contribution in [1.29, 1.82) is 0 Å². The zero-order valence-corrected chi connectivity index (χ0v) is 17.8. The summed E-state index contributed by atoms with van der Waals surface area (Å²) in [7, 11) is 1.89. The van der Waals surface area contributed by atoms with Gasteiger partial charge in [-0.3, -0.25) is 4.68 Å². The molecule has 0 fully saturated rings. The number of anilines is 2. The quantitative estimate of drug-likeness (QED) is 0.424. The van der Waals surface area contributed by atoms with Crippen LogP contribution in [0.1, 0.15) is 17.7 Å². The Bertz CT molecular complexity index is 1100. The lowest BCUT2D eigenvalue weighted by Crippen LogP contribution is -2.54. The van der Waals surface area contributed by atoms with Gasteiger partial charge in [0.1, 0.15) is 11.8 Å². The number of hydrogen-bond donors (Lipinski definition) is 0. The molecule has 152 valence electrons. The number of hydrogen-bond acceptors (Lipinski definition) is 4. The third-order valence-corrected chi connectivity index (χ3v) is 6.42. The minimum Gasteiger partial charge on any atom is -0.423 e. The van der Waals surface area contributed by atoms with E-state index in [4.69, 9.17) is 27.9 Å². The molecule has 0 bridgehead atoms. The first-order valence-corrected chi connectivity index (χ1v) is 10.5. The second-order valence-corrected chi connectivity index (χ2v) is 8.82. The Morgan fingerprint density at radius 3 is 2.23 bits per heavy atom. The molecule has 1 unspecified atom stereocenters. The van der Waals surface area contributed by atoms with Crippen LogP contribution < -0.4 is 4.90 Å². The molecule has 5 rings (SSSR count). The molecule has 0 saturated carbocycles. The van der Waals surface area contributed by atoms with E-state index in [9.17, 15) is 4.79 Å². The summed E-state index contributed by atoms with van der Waals surface area (Å²) in [4.78, 5) is 15.0. The van der Waals surface area contributed by atoms with Crippen molar-refractivity contribution in [3.05, 3.63) is 83.7 Å². The number of benzene rings is 2. The van der Waals surface area contributed by atoms with E-state index in [0.29, 0.717) is 12.2 Å². The molecule has 1 aromatic heterocycles. The van der Waals surface area contributed by atoms with E-state index in [0.717, 1.165) is 34.6 Å². The lowest BCUT2D eigenvalue weighted by molar-refractivity contribution is -0.138. The molecule has 0 amide bonds. The van der Waals surface area contributed by atoms with Crippen LogP contribution in [-0.4, -0.2) is 26.1 Å². The number of carbonyl (C=O) groups is 1. The topological polar surface area (TPSA) is 47.4 Å². The molecular formula is C23H19Cl2N3O2.